The Morgan fingerprint density at radius 2 is 1.96 bits per heavy atom. The lowest BCUT2D eigenvalue weighted by molar-refractivity contribution is 0.103. The quantitative estimate of drug-likeness (QED) is 0.425. The minimum absolute atomic E-state index is 0.0303. The van der Waals surface area contributed by atoms with Gasteiger partial charge in [0.05, 0.1) is 11.4 Å². The van der Waals surface area contributed by atoms with Crippen LogP contribution in [0.4, 0.5) is 9.18 Å². The van der Waals surface area contributed by atoms with Crippen molar-refractivity contribution in [3.05, 3.63) is 69.6 Å². The van der Waals surface area contributed by atoms with Crippen molar-refractivity contribution in [3.63, 3.8) is 0 Å². The van der Waals surface area contributed by atoms with Gasteiger partial charge in [-0.15, -0.1) is 11.6 Å². The van der Waals surface area contributed by atoms with Gasteiger partial charge in [-0.2, -0.15) is 0 Å². The van der Waals surface area contributed by atoms with Crippen molar-refractivity contribution in [1.82, 2.24) is 9.47 Å². The van der Waals surface area contributed by atoms with Gasteiger partial charge in [0, 0.05) is 46.8 Å². The zero-order chi connectivity index (χ0) is 19.0. The molecular weight excluding hydrogens is 423 g/mol. The number of alkyl halides is 1. The third-order valence-corrected chi connectivity index (χ3v) is 5.02. The molecule has 4 nitrogen and oxygen atoms in total. The number of hydrogen-bond donors (Lipinski definition) is 0. The van der Waals surface area contributed by atoms with Gasteiger partial charge in [-0.3, -0.25) is 9.36 Å². The van der Waals surface area contributed by atoms with E-state index in [4.69, 9.17) is 11.6 Å². The molecule has 1 heterocycles. The van der Waals surface area contributed by atoms with Crippen molar-refractivity contribution in [1.29, 1.82) is 0 Å². The average molecular weight is 438 g/mol. The van der Waals surface area contributed by atoms with Crippen LogP contribution in [0, 0.1) is 5.82 Å². The van der Waals surface area contributed by atoms with Crippen molar-refractivity contribution >= 4 is 50.2 Å². The molecule has 3 rings (SSSR count). The van der Waals surface area contributed by atoms with Crippen LogP contribution >= 0.6 is 27.5 Å². The summed E-state index contributed by atoms with van der Waals surface area (Å²) in [5.74, 6) is -0.868. The zero-order valence-corrected chi connectivity index (χ0v) is 16.4. The second-order valence-electron chi connectivity index (χ2n) is 5.99. The highest BCUT2D eigenvalue weighted by Gasteiger charge is 2.22. The van der Waals surface area contributed by atoms with Gasteiger partial charge >= 0.3 is 6.03 Å². The van der Waals surface area contributed by atoms with Crippen molar-refractivity contribution in [3.8, 4) is 0 Å². The molecule has 0 saturated carbocycles. The molecule has 0 bridgehead atoms. The van der Waals surface area contributed by atoms with Crippen molar-refractivity contribution in [2.24, 2.45) is 0 Å². The lowest BCUT2D eigenvalue weighted by Gasteiger charge is -2.11. The maximum atomic E-state index is 14.0. The molecular formula is C19H15BrClFN2O2. The fourth-order valence-electron chi connectivity index (χ4n) is 2.74. The maximum Gasteiger partial charge on any atom is 0.328 e. The van der Waals surface area contributed by atoms with Crippen LogP contribution in [0.1, 0.15) is 21.5 Å². The fraction of sp³-hybridized carbons (Fsp3) is 0.158. The van der Waals surface area contributed by atoms with Gasteiger partial charge in [0.2, 0.25) is 0 Å². The Labute approximate surface area is 163 Å². The average Bonchev–Trinajstić information content (AvgIpc) is 3.01. The summed E-state index contributed by atoms with van der Waals surface area (Å²) in [4.78, 5) is 26.9. The van der Waals surface area contributed by atoms with Crippen LogP contribution in [0.15, 0.2) is 47.1 Å². The van der Waals surface area contributed by atoms with E-state index in [9.17, 15) is 14.0 Å². The van der Waals surface area contributed by atoms with E-state index in [0.29, 0.717) is 26.5 Å². The van der Waals surface area contributed by atoms with E-state index in [1.807, 2.05) is 0 Å². The summed E-state index contributed by atoms with van der Waals surface area (Å²) in [7, 11) is 3.27. The number of nitrogens with zero attached hydrogens (tertiary/aromatic N) is 2. The Kier molecular flexibility index (Phi) is 5.16. The highest BCUT2D eigenvalue weighted by Crippen LogP contribution is 2.31. The molecule has 0 radical (unpaired) electrons. The number of ketones is 1. The molecule has 1 aromatic heterocycles. The first-order valence-corrected chi connectivity index (χ1v) is 9.08. The summed E-state index contributed by atoms with van der Waals surface area (Å²) in [6, 6.07) is 9.26. The molecule has 2 aromatic carbocycles. The Balaban J connectivity index is 2.20. The summed E-state index contributed by atoms with van der Waals surface area (Å²) in [6.07, 6.45) is 1.49. The number of aromatic nitrogens is 1. The molecule has 0 fully saturated rings. The molecule has 0 N–H and O–H groups in total. The fourth-order valence-corrected chi connectivity index (χ4v) is 3.53. The lowest BCUT2D eigenvalue weighted by atomic mass is 10.0. The maximum absolute atomic E-state index is 14.0. The molecule has 134 valence electrons. The van der Waals surface area contributed by atoms with E-state index in [0.717, 1.165) is 0 Å². The molecule has 0 unspecified atom stereocenters. The van der Waals surface area contributed by atoms with E-state index >= 15 is 0 Å². The molecule has 3 aromatic rings. The number of halogens is 3. The minimum Gasteiger partial charge on any atom is -0.330 e. The zero-order valence-electron chi connectivity index (χ0n) is 14.1. The molecule has 0 aliphatic rings. The smallest absolute Gasteiger partial charge is 0.328 e. The van der Waals surface area contributed by atoms with Gasteiger partial charge < -0.3 is 4.90 Å². The van der Waals surface area contributed by atoms with Crippen molar-refractivity contribution in [2.45, 2.75) is 5.88 Å². The monoisotopic (exact) mass is 436 g/mol. The molecule has 7 heteroatoms. The standard InChI is InChI=1S/C19H15BrClFN2O2/c1-23(2)19(26)24-10-13(17-14(20)4-3-5-16(17)24)18(25)11-6-7-12(9-21)15(22)8-11/h3-8,10H,9H2,1-2H3. The third kappa shape index (κ3) is 3.15. The van der Waals surface area contributed by atoms with Crippen LogP contribution in [0.25, 0.3) is 10.9 Å². The van der Waals surface area contributed by atoms with Gasteiger partial charge in [-0.05, 0) is 18.2 Å². The second-order valence-corrected chi connectivity index (χ2v) is 7.11. The summed E-state index contributed by atoms with van der Waals surface area (Å²) in [5, 5.41) is 0.606. The number of carbonyl (C=O) groups excluding carboxylic acids is 2. The van der Waals surface area contributed by atoms with Gasteiger partial charge in [-0.1, -0.05) is 34.1 Å². The normalized spacial score (nSPS) is 11.0. The van der Waals surface area contributed by atoms with Crippen LogP contribution in [0.3, 0.4) is 0 Å². The van der Waals surface area contributed by atoms with Gasteiger partial charge in [0.1, 0.15) is 5.82 Å². The third-order valence-electron chi connectivity index (χ3n) is 4.07. The van der Waals surface area contributed by atoms with Crippen LogP contribution in [-0.2, 0) is 5.88 Å². The Morgan fingerprint density at radius 3 is 2.58 bits per heavy atom. The van der Waals surface area contributed by atoms with Crippen molar-refractivity contribution in [2.75, 3.05) is 14.1 Å². The van der Waals surface area contributed by atoms with Crippen LogP contribution in [0.5, 0.6) is 0 Å². The first-order chi connectivity index (χ1) is 12.3. The molecule has 0 spiro atoms. The Hall–Kier alpha value is -2.18. The molecule has 0 aliphatic carbocycles. The minimum atomic E-state index is -0.530. The predicted molar refractivity (Wildman–Crippen MR) is 104 cm³/mol. The van der Waals surface area contributed by atoms with Crippen LogP contribution in [-0.4, -0.2) is 35.4 Å². The largest absolute Gasteiger partial charge is 0.330 e. The second kappa shape index (κ2) is 7.21. The highest BCUT2D eigenvalue weighted by molar-refractivity contribution is 9.10. The molecule has 26 heavy (non-hydrogen) atoms. The van der Waals surface area contributed by atoms with E-state index < -0.39 is 5.82 Å². The number of amides is 1. The topological polar surface area (TPSA) is 42.3 Å². The number of rotatable bonds is 3. The van der Waals surface area contributed by atoms with Crippen LogP contribution < -0.4 is 0 Å². The summed E-state index contributed by atoms with van der Waals surface area (Å²) < 4.78 is 16.1. The van der Waals surface area contributed by atoms with Gasteiger partial charge in [-0.25, -0.2) is 9.18 Å². The van der Waals surface area contributed by atoms with E-state index in [-0.39, 0.29) is 23.3 Å². The first-order valence-electron chi connectivity index (χ1n) is 7.75. The number of carbonyl (C=O) groups is 2. The Morgan fingerprint density at radius 1 is 1.23 bits per heavy atom. The SMILES string of the molecule is CN(C)C(=O)n1cc(C(=O)c2ccc(CCl)c(F)c2)c2c(Br)cccc21. The van der Waals surface area contributed by atoms with E-state index in [1.165, 1.54) is 33.9 Å². The summed E-state index contributed by atoms with van der Waals surface area (Å²) >= 11 is 9.11. The number of fused-ring (bicyclic) bond motifs is 1. The first kappa shape index (κ1) is 18.6. The molecule has 0 aliphatic heterocycles. The number of benzene rings is 2. The summed E-state index contributed by atoms with van der Waals surface area (Å²) in [5.41, 5.74) is 1.44. The molecule has 0 saturated heterocycles. The Bertz CT molecular complexity index is 1030. The summed E-state index contributed by atoms with van der Waals surface area (Å²) in [6.45, 7) is 0. The van der Waals surface area contributed by atoms with E-state index in [2.05, 4.69) is 15.9 Å². The lowest BCUT2D eigenvalue weighted by Crippen LogP contribution is -2.26. The highest BCUT2D eigenvalue weighted by atomic mass is 79.9. The predicted octanol–water partition coefficient (Wildman–Crippen LogP) is 5.04. The van der Waals surface area contributed by atoms with E-state index in [1.54, 1.807) is 32.3 Å². The molecule has 0 atom stereocenters. The molecule has 1 amide bonds. The number of hydrogen-bond acceptors (Lipinski definition) is 2. The van der Waals surface area contributed by atoms with Crippen LogP contribution in [0.2, 0.25) is 0 Å². The van der Waals surface area contributed by atoms with Gasteiger partial charge in [0.25, 0.3) is 0 Å². The van der Waals surface area contributed by atoms with Crippen molar-refractivity contribution < 1.29 is 14.0 Å². The van der Waals surface area contributed by atoms with Gasteiger partial charge in [0.15, 0.2) is 5.78 Å².